The van der Waals surface area contributed by atoms with Crippen LogP contribution in [0.5, 0.6) is 0 Å². The molecule has 1 saturated carbocycles. The summed E-state index contributed by atoms with van der Waals surface area (Å²) < 4.78 is 41.2. The Morgan fingerprint density at radius 2 is 2.07 bits per heavy atom. The van der Waals surface area contributed by atoms with E-state index in [2.05, 4.69) is 25.2 Å². The number of aryl methyl sites for hydroxylation is 1. The van der Waals surface area contributed by atoms with E-state index in [1.807, 2.05) is 0 Å². The highest BCUT2D eigenvalue weighted by atomic mass is 19.4. The number of pyridine rings is 1. The maximum atomic E-state index is 13.3. The molecule has 3 heterocycles. The van der Waals surface area contributed by atoms with Gasteiger partial charge in [-0.3, -0.25) is 9.78 Å². The molecule has 1 atom stereocenters. The second-order valence-corrected chi connectivity index (χ2v) is 6.95. The molecule has 0 aliphatic heterocycles. The maximum Gasteiger partial charge on any atom is 0.408 e. The van der Waals surface area contributed by atoms with E-state index in [1.54, 1.807) is 19.1 Å². The predicted octanol–water partition coefficient (Wildman–Crippen LogP) is 3.72. The minimum atomic E-state index is -4.51. The first-order chi connectivity index (χ1) is 13.8. The molecule has 0 aromatic carbocycles. The van der Waals surface area contributed by atoms with Crippen LogP contribution < -0.4 is 5.32 Å². The lowest BCUT2D eigenvalue weighted by molar-refractivity contribution is -0.158. The van der Waals surface area contributed by atoms with Gasteiger partial charge in [0.25, 0.3) is 5.91 Å². The SMILES string of the molecule is [C-]#[N+]c1cncc(-c2cc(C)n3ncc(C(=O)N[C@H](C4CC4)C(F)(F)F)c3n2)c1. The number of fused-ring (bicyclic) bond motifs is 1. The third-order valence-electron chi connectivity index (χ3n) is 4.78. The zero-order valence-electron chi connectivity index (χ0n) is 15.2. The molecule has 3 aromatic heterocycles. The van der Waals surface area contributed by atoms with Crippen molar-refractivity contribution in [3.8, 4) is 11.3 Å². The molecular formula is C19H15F3N6O. The molecule has 7 nitrogen and oxygen atoms in total. The Morgan fingerprint density at radius 1 is 1.31 bits per heavy atom. The fraction of sp³-hybridized carbons (Fsp3) is 0.316. The molecule has 148 valence electrons. The van der Waals surface area contributed by atoms with Gasteiger partial charge in [0.2, 0.25) is 5.69 Å². The van der Waals surface area contributed by atoms with Crippen molar-refractivity contribution in [3.05, 3.63) is 53.4 Å². The quantitative estimate of drug-likeness (QED) is 0.678. The Hall–Kier alpha value is -3.48. The van der Waals surface area contributed by atoms with Crippen LogP contribution in [0.3, 0.4) is 0 Å². The summed E-state index contributed by atoms with van der Waals surface area (Å²) in [5.74, 6) is -1.46. The molecule has 0 unspecified atom stereocenters. The van der Waals surface area contributed by atoms with E-state index in [4.69, 9.17) is 6.57 Å². The van der Waals surface area contributed by atoms with E-state index in [0.717, 1.165) is 0 Å². The van der Waals surface area contributed by atoms with Crippen LogP contribution in [-0.4, -0.2) is 37.7 Å². The normalized spacial score (nSPS) is 15.1. The number of carbonyl (C=O) groups is 1. The Kier molecular flexibility index (Phi) is 4.45. The van der Waals surface area contributed by atoms with Gasteiger partial charge in [-0.2, -0.15) is 18.3 Å². The highest BCUT2D eigenvalue weighted by Crippen LogP contribution is 2.40. The topological polar surface area (TPSA) is 76.5 Å². The van der Waals surface area contributed by atoms with Gasteiger partial charge in [-0.05, 0) is 37.8 Å². The molecule has 3 aromatic rings. The van der Waals surface area contributed by atoms with Crippen molar-refractivity contribution in [3.63, 3.8) is 0 Å². The molecule has 1 N–H and O–H groups in total. The molecule has 1 fully saturated rings. The molecule has 0 saturated heterocycles. The molecule has 1 aliphatic carbocycles. The molecule has 10 heteroatoms. The third kappa shape index (κ3) is 3.63. The summed E-state index contributed by atoms with van der Waals surface area (Å²) in [6.07, 6.45) is 0.504. The molecule has 0 bridgehead atoms. The van der Waals surface area contributed by atoms with Gasteiger partial charge in [-0.15, -0.1) is 0 Å². The van der Waals surface area contributed by atoms with Gasteiger partial charge in [-0.25, -0.2) is 14.3 Å². The summed E-state index contributed by atoms with van der Waals surface area (Å²) in [6.45, 7) is 8.84. The lowest BCUT2D eigenvalue weighted by Crippen LogP contribution is -2.46. The van der Waals surface area contributed by atoms with Gasteiger partial charge >= 0.3 is 6.18 Å². The van der Waals surface area contributed by atoms with Gasteiger partial charge < -0.3 is 5.32 Å². The first kappa shape index (κ1) is 18.9. The summed E-state index contributed by atoms with van der Waals surface area (Å²) in [5.41, 5.74) is 2.05. The van der Waals surface area contributed by atoms with Crippen molar-refractivity contribution in [2.75, 3.05) is 0 Å². The van der Waals surface area contributed by atoms with E-state index < -0.39 is 24.0 Å². The van der Waals surface area contributed by atoms with Gasteiger partial charge in [-0.1, -0.05) is 0 Å². The monoisotopic (exact) mass is 400 g/mol. The Bertz CT molecular complexity index is 1140. The van der Waals surface area contributed by atoms with Crippen LogP contribution in [0.4, 0.5) is 18.9 Å². The van der Waals surface area contributed by atoms with E-state index in [1.165, 1.54) is 23.1 Å². The number of hydrogen-bond donors (Lipinski definition) is 1. The van der Waals surface area contributed by atoms with Crippen LogP contribution in [0.1, 0.15) is 28.9 Å². The number of nitrogens with zero attached hydrogens (tertiary/aromatic N) is 5. The average molecular weight is 400 g/mol. The molecule has 1 aliphatic rings. The van der Waals surface area contributed by atoms with Crippen LogP contribution in [0, 0.1) is 19.4 Å². The number of carbonyl (C=O) groups excluding carboxylic acids is 1. The van der Waals surface area contributed by atoms with Crippen LogP contribution in [0.25, 0.3) is 21.7 Å². The largest absolute Gasteiger partial charge is 0.408 e. The van der Waals surface area contributed by atoms with Gasteiger partial charge in [0, 0.05) is 23.7 Å². The number of aromatic nitrogens is 4. The molecule has 4 rings (SSSR count). The van der Waals surface area contributed by atoms with Crippen LogP contribution in [0.15, 0.2) is 30.7 Å². The van der Waals surface area contributed by atoms with Crippen molar-refractivity contribution in [2.24, 2.45) is 5.92 Å². The Balaban J connectivity index is 1.73. The second kappa shape index (κ2) is 6.84. The van der Waals surface area contributed by atoms with E-state index in [-0.39, 0.29) is 11.2 Å². The van der Waals surface area contributed by atoms with Crippen LogP contribution in [0.2, 0.25) is 0 Å². The lowest BCUT2D eigenvalue weighted by Gasteiger charge is -2.20. The summed E-state index contributed by atoms with van der Waals surface area (Å²) in [7, 11) is 0. The summed E-state index contributed by atoms with van der Waals surface area (Å²) >= 11 is 0. The number of halogens is 3. The maximum absolute atomic E-state index is 13.3. The average Bonchev–Trinajstić information content (AvgIpc) is 3.42. The van der Waals surface area contributed by atoms with Crippen LogP contribution >= 0.6 is 0 Å². The van der Waals surface area contributed by atoms with Crippen molar-refractivity contribution < 1.29 is 18.0 Å². The van der Waals surface area contributed by atoms with Gasteiger partial charge in [0.1, 0.15) is 11.6 Å². The minimum Gasteiger partial charge on any atom is -0.340 e. The fourth-order valence-corrected chi connectivity index (χ4v) is 3.17. The molecular weight excluding hydrogens is 385 g/mol. The van der Waals surface area contributed by atoms with E-state index >= 15 is 0 Å². The van der Waals surface area contributed by atoms with E-state index in [9.17, 15) is 18.0 Å². The van der Waals surface area contributed by atoms with Crippen molar-refractivity contribution in [1.82, 2.24) is 24.9 Å². The minimum absolute atomic E-state index is 0.0425. The molecule has 0 radical (unpaired) electrons. The first-order valence-corrected chi connectivity index (χ1v) is 8.84. The second-order valence-electron chi connectivity index (χ2n) is 6.95. The summed E-state index contributed by atoms with van der Waals surface area (Å²) in [4.78, 5) is 24.3. The van der Waals surface area contributed by atoms with Crippen LogP contribution in [-0.2, 0) is 0 Å². The zero-order chi connectivity index (χ0) is 20.8. The number of nitrogens with one attached hydrogen (secondary N) is 1. The van der Waals surface area contributed by atoms with Gasteiger partial charge in [0.05, 0.1) is 18.5 Å². The highest BCUT2D eigenvalue weighted by molar-refractivity contribution is 6.00. The Labute approximate surface area is 163 Å². The smallest absolute Gasteiger partial charge is 0.340 e. The standard InChI is InChI=1S/C19H15F3N6O/c1-10-5-15(12-6-13(23-2)8-24-7-12)26-17-14(9-25-28(10)17)18(29)27-16(11-3-4-11)19(20,21)22/h5-9,11,16H,3-4H2,1H3,(H,27,29)/t16-/m1/s1. The summed E-state index contributed by atoms with van der Waals surface area (Å²) in [5, 5.41) is 6.19. The number of amides is 1. The number of rotatable bonds is 4. The first-order valence-electron chi connectivity index (χ1n) is 8.84. The fourth-order valence-electron chi connectivity index (χ4n) is 3.17. The Morgan fingerprint density at radius 3 is 2.72 bits per heavy atom. The van der Waals surface area contributed by atoms with Crippen molar-refractivity contribution >= 4 is 17.2 Å². The molecule has 1 amide bonds. The molecule has 0 spiro atoms. The third-order valence-corrected chi connectivity index (χ3v) is 4.78. The number of hydrogen-bond acceptors (Lipinski definition) is 4. The number of alkyl halides is 3. The molecule has 29 heavy (non-hydrogen) atoms. The van der Waals surface area contributed by atoms with Crippen molar-refractivity contribution in [2.45, 2.75) is 32.0 Å². The predicted molar refractivity (Wildman–Crippen MR) is 97.3 cm³/mol. The lowest BCUT2D eigenvalue weighted by atomic mass is 10.1. The zero-order valence-corrected chi connectivity index (χ0v) is 15.2. The highest BCUT2D eigenvalue weighted by Gasteiger charge is 2.49. The van der Waals surface area contributed by atoms with Gasteiger partial charge in [0.15, 0.2) is 5.65 Å². The van der Waals surface area contributed by atoms with E-state index in [0.29, 0.717) is 35.5 Å². The summed E-state index contributed by atoms with van der Waals surface area (Å²) in [6, 6.07) is 1.42. The van der Waals surface area contributed by atoms with Crippen molar-refractivity contribution in [1.29, 1.82) is 0 Å².